The second kappa shape index (κ2) is 4.45. The Morgan fingerprint density at radius 1 is 1.33 bits per heavy atom. The summed E-state index contributed by atoms with van der Waals surface area (Å²) in [6.07, 6.45) is 0. The molecule has 0 unspecified atom stereocenters. The van der Waals surface area contributed by atoms with Gasteiger partial charge < -0.3 is 10.1 Å². The molecule has 0 spiro atoms. The predicted molar refractivity (Wildman–Crippen MR) is 62.7 cm³/mol. The Morgan fingerprint density at radius 3 is 2.93 bits per heavy atom. The van der Waals surface area contributed by atoms with E-state index in [0.717, 1.165) is 24.7 Å². The van der Waals surface area contributed by atoms with E-state index in [1.54, 1.807) is 0 Å². The van der Waals surface area contributed by atoms with Gasteiger partial charge in [0.15, 0.2) is 0 Å². The van der Waals surface area contributed by atoms with Crippen molar-refractivity contribution in [2.24, 2.45) is 4.99 Å². The second-order valence-corrected chi connectivity index (χ2v) is 3.82. The normalized spacial score (nSPS) is 16.0. The van der Waals surface area contributed by atoms with Crippen LogP contribution in [0.15, 0.2) is 23.2 Å². The van der Waals surface area contributed by atoms with Gasteiger partial charge in [-0.3, -0.25) is 4.99 Å². The van der Waals surface area contributed by atoms with Gasteiger partial charge in [0.2, 0.25) is 0 Å². The molecule has 3 heteroatoms. The summed E-state index contributed by atoms with van der Waals surface area (Å²) < 4.78 is 5.33. The maximum absolute atomic E-state index is 5.33. The van der Waals surface area contributed by atoms with E-state index in [2.05, 4.69) is 42.4 Å². The first-order chi connectivity index (χ1) is 7.25. The SMILES string of the molecule is Cc1ccc(C)c(NC2=NCCOC2)c1. The van der Waals surface area contributed by atoms with Gasteiger partial charge in [0.05, 0.1) is 13.2 Å². The quantitative estimate of drug-likeness (QED) is 0.760. The summed E-state index contributed by atoms with van der Waals surface area (Å²) in [6, 6.07) is 6.36. The summed E-state index contributed by atoms with van der Waals surface area (Å²) in [5.74, 6) is 0.926. The van der Waals surface area contributed by atoms with Crippen molar-refractivity contribution in [3.63, 3.8) is 0 Å². The average Bonchev–Trinajstić information content (AvgIpc) is 2.25. The van der Waals surface area contributed by atoms with Crippen molar-refractivity contribution in [2.75, 3.05) is 25.1 Å². The molecule has 0 bridgehead atoms. The first-order valence-electron chi connectivity index (χ1n) is 5.21. The van der Waals surface area contributed by atoms with Crippen LogP contribution in [0.3, 0.4) is 0 Å². The standard InChI is InChI=1S/C12H16N2O/c1-9-3-4-10(2)11(7-9)14-12-8-15-6-5-13-12/h3-4,7H,5-6,8H2,1-2H3,(H,13,14). The van der Waals surface area contributed by atoms with Crippen LogP contribution in [-0.4, -0.2) is 25.6 Å². The molecular formula is C12H16N2O. The van der Waals surface area contributed by atoms with Crippen LogP contribution in [0.2, 0.25) is 0 Å². The summed E-state index contributed by atoms with van der Waals surface area (Å²) in [5, 5.41) is 3.31. The van der Waals surface area contributed by atoms with Gasteiger partial charge >= 0.3 is 0 Å². The van der Waals surface area contributed by atoms with Crippen LogP contribution in [0.25, 0.3) is 0 Å². The molecule has 0 aliphatic carbocycles. The summed E-state index contributed by atoms with van der Waals surface area (Å²) in [4.78, 5) is 4.38. The lowest BCUT2D eigenvalue weighted by molar-refractivity contribution is 0.171. The summed E-state index contributed by atoms with van der Waals surface area (Å²) >= 11 is 0. The third-order valence-electron chi connectivity index (χ3n) is 2.45. The number of rotatable bonds is 1. The van der Waals surface area contributed by atoms with Crippen molar-refractivity contribution in [3.8, 4) is 0 Å². The van der Waals surface area contributed by atoms with Crippen molar-refractivity contribution in [1.82, 2.24) is 0 Å². The molecule has 15 heavy (non-hydrogen) atoms. The molecule has 1 heterocycles. The molecule has 0 saturated carbocycles. The molecule has 0 fully saturated rings. The van der Waals surface area contributed by atoms with Crippen LogP contribution in [0.5, 0.6) is 0 Å². The Kier molecular flexibility index (Phi) is 3.02. The zero-order valence-corrected chi connectivity index (χ0v) is 9.21. The zero-order valence-electron chi connectivity index (χ0n) is 9.21. The molecule has 1 aromatic rings. The van der Waals surface area contributed by atoms with Crippen LogP contribution in [0.1, 0.15) is 11.1 Å². The smallest absolute Gasteiger partial charge is 0.127 e. The first kappa shape index (κ1) is 10.2. The fourth-order valence-corrected chi connectivity index (χ4v) is 1.56. The van der Waals surface area contributed by atoms with E-state index in [4.69, 9.17) is 4.74 Å². The largest absolute Gasteiger partial charge is 0.372 e. The molecule has 3 nitrogen and oxygen atoms in total. The zero-order chi connectivity index (χ0) is 10.7. The maximum Gasteiger partial charge on any atom is 0.127 e. The van der Waals surface area contributed by atoms with Gasteiger partial charge in [-0.25, -0.2) is 0 Å². The molecule has 0 atom stereocenters. The minimum atomic E-state index is 0.591. The number of nitrogens with zero attached hydrogens (tertiary/aromatic N) is 1. The number of nitrogens with one attached hydrogen (secondary N) is 1. The fraction of sp³-hybridized carbons (Fsp3) is 0.417. The summed E-state index contributed by atoms with van der Waals surface area (Å²) in [6.45, 7) is 6.26. The number of ether oxygens (including phenoxy) is 1. The first-order valence-corrected chi connectivity index (χ1v) is 5.21. The number of aliphatic imine (C=N–C) groups is 1. The van der Waals surface area contributed by atoms with Gasteiger partial charge in [-0.1, -0.05) is 12.1 Å². The lowest BCUT2D eigenvalue weighted by atomic mass is 10.1. The van der Waals surface area contributed by atoms with Crippen molar-refractivity contribution in [2.45, 2.75) is 13.8 Å². The van der Waals surface area contributed by atoms with Crippen LogP contribution >= 0.6 is 0 Å². The topological polar surface area (TPSA) is 33.6 Å². The lowest BCUT2D eigenvalue weighted by Crippen LogP contribution is -2.25. The fourth-order valence-electron chi connectivity index (χ4n) is 1.56. The minimum absolute atomic E-state index is 0.591. The van der Waals surface area contributed by atoms with E-state index in [1.165, 1.54) is 11.1 Å². The molecular weight excluding hydrogens is 188 g/mol. The van der Waals surface area contributed by atoms with Crippen LogP contribution in [0, 0.1) is 13.8 Å². The van der Waals surface area contributed by atoms with E-state index >= 15 is 0 Å². The van der Waals surface area contributed by atoms with Gasteiger partial charge in [0.1, 0.15) is 12.4 Å². The Morgan fingerprint density at radius 2 is 2.20 bits per heavy atom. The highest BCUT2D eigenvalue weighted by Gasteiger charge is 2.06. The minimum Gasteiger partial charge on any atom is -0.372 e. The average molecular weight is 204 g/mol. The molecule has 0 aromatic heterocycles. The van der Waals surface area contributed by atoms with Gasteiger partial charge in [0.25, 0.3) is 0 Å². The lowest BCUT2D eigenvalue weighted by Gasteiger charge is -2.16. The van der Waals surface area contributed by atoms with Crippen molar-refractivity contribution < 1.29 is 4.74 Å². The Labute approximate surface area is 90.2 Å². The highest BCUT2D eigenvalue weighted by molar-refractivity contribution is 5.97. The number of aryl methyl sites for hydroxylation is 2. The number of benzene rings is 1. The highest BCUT2D eigenvalue weighted by Crippen LogP contribution is 2.16. The van der Waals surface area contributed by atoms with Crippen LogP contribution in [-0.2, 0) is 4.74 Å². The number of hydrogen-bond acceptors (Lipinski definition) is 3. The Hall–Kier alpha value is -1.35. The number of hydrogen-bond donors (Lipinski definition) is 1. The van der Waals surface area contributed by atoms with E-state index < -0.39 is 0 Å². The van der Waals surface area contributed by atoms with E-state index in [0.29, 0.717) is 6.61 Å². The molecule has 0 saturated heterocycles. The van der Waals surface area contributed by atoms with Crippen molar-refractivity contribution >= 4 is 11.5 Å². The molecule has 0 amide bonds. The predicted octanol–water partition coefficient (Wildman–Crippen LogP) is 2.14. The molecule has 1 aliphatic heterocycles. The maximum atomic E-state index is 5.33. The monoisotopic (exact) mass is 204 g/mol. The Balaban J connectivity index is 2.15. The third-order valence-corrected chi connectivity index (χ3v) is 2.45. The Bertz CT molecular complexity index is 385. The van der Waals surface area contributed by atoms with Gasteiger partial charge in [-0.15, -0.1) is 0 Å². The van der Waals surface area contributed by atoms with E-state index in [-0.39, 0.29) is 0 Å². The van der Waals surface area contributed by atoms with Crippen LogP contribution < -0.4 is 5.32 Å². The highest BCUT2D eigenvalue weighted by atomic mass is 16.5. The second-order valence-electron chi connectivity index (χ2n) is 3.82. The third kappa shape index (κ3) is 2.57. The molecule has 1 N–H and O–H groups in total. The molecule has 1 aliphatic rings. The number of amidine groups is 1. The van der Waals surface area contributed by atoms with Gasteiger partial charge in [-0.2, -0.15) is 0 Å². The van der Waals surface area contributed by atoms with E-state index in [1.807, 2.05) is 0 Å². The van der Waals surface area contributed by atoms with Crippen molar-refractivity contribution in [1.29, 1.82) is 0 Å². The molecule has 80 valence electrons. The van der Waals surface area contributed by atoms with Gasteiger partial charge in [0, 0.05) is 5.69 Å². The van der Waals surface area contributed by atoms with E-state index in [9.17, 15) is 0 Å². The molecule has 0 radical (unpaired) electrons. The van der Waals surface area contributed by atoms with Crippen molar-refractivity contribution in [3.05, 3.63) is 29.3 Å². The van der Waals surface area contributed by atoms with Crippen LogP contribution in [0.4, 0.5) is 5.69 Å². The summed E-state index contributed by atoms with van der Waals surface area (Å²) in [7, 11) is 0. The number of anilines is 1. The van der Waals surface area contributed by atoms with Gasteiger partial charge in [-0.05, 0) is 31.0 Å². The summed E-state index contributed by atoms with van der Waals surface area (Å²) in [5.41, 5.74) is 3.61. The molecule has 1 aromatic carbocycles. The molecule has 2 rings (SSSR count).